The van der Waals surface area contributed by atoms with Crippen LogP contribution in [0.3, 0.4) is 0 Å². The van der Waals surface area contributed by atoms with Crippen molar-refractivity contribution in [2.45, 2.75) is 6.92 Å². The van der Waals surface area contributed by atoms with Crippen LogP contribution < -0.4 is 10.4 Å². The van der Waals surface area contributed by atoms with Crippen LogP contribution >= 0.6 is 11.6 Å². The molecule has 8 heteroatoms. The molecule has 0 spiro atoms. The Balaban J connectivity index is 1.60. The minimum Gasteiger partial charge on any atom is -0.462 e. The number of anilines is 1. The number of rotatable bonds is 5. The molecule has 4 rings (SSSR count). The van der Waals surface area contributed by atoms with Crippen LogP contribution in [-0.4, -0.2) is 24.4 Å². The van der Waals surface area contributed by atoms with Gasteiger partial charge in [0.15, 0.2) is 0 Å². The number of benzene rings is 2. The normalized spacial score (nSPS) is 14.8. The number of esters is 1. The molecule has 0 atom stereocenters. The van der Waals surface area contributed by atoms with Crippen molar-refractivity contribution in [3.05, 3.63) is 82.6 Å². The smallest absolute Gasteiger partial charge is 0.339 e. The molecular formula is C23H17ClN2O5. The molecule has 7 nitrogen and oxygen atoms in total. The predicted octanol–water partition coefficient (Wildman–Crippen LogP) is 4.24. The fraction of sp³-hybridized carbons (Fsp3) is 0.0870. The third-order valence-electron chi connectivity index (χ3n) is 4.57. The average molecular weight is 437 g/mol. The summed E-state index contributed by atoms with van der Waals surface area (Å²) in [4.78, 5) is 37.1. The SMILES string of the molecule is CCOC(=O)c1cc(-c2ccc(/C=C3\C(=O)NN(c4ccccc4)C3=O)o2)ccc1Cl. The first kappa shape index (κ1) is 20.4. The lowest BCUT2D eigenvalue weighted by atomic mass is 10.1. The standard InChI is InChI=1S/C23H17ClN2O5/c1-2-30-23(29)17-12-14(8-10-19(17)24)20-11-9-16(31-20)13-18-21(27)25-26(22(18)28)15-6-4-3-5-7-15/h3-13H,2H2,1H3,(H,25,27)/b18-13+. The molecule has 156 valence electrons. The third-order valence-corrected chi connectivity index (χ3v) is 4.90. The van der Waals surface area contributed by atoms with Gasteiger partial charge in [0.25, 0.3) is 11.8 Å². The third kappa shape index (κ3) is 4.08. The van der Waals surface area contributed by atoms with Crippen molar-refractivity contribution < 1.29 is 23.5 Å². The number of amides is 2. The Morgan fingerprint density at radius 3 is 2.65 bits per heavy atom. The average Bonchev–Trinajstić information content (AvgIpc) is 3.35. The van der Waals surface area contributed by atoms with Crippen molar-refractivity contribution in [3.8, 4) is 11.3 Å². The molecule has 2 heterocycles. The van der Waals surface area contributed by atoms with Gasteiger partial charge in [-0.3, -0.25) is 15.0 Å². The molecule has 1 fully saturated rings. The van der Waals surface area contributed by atoms with Gasteiger partial charge < -0.3 is 9.15 Å². The Labute approximate surface area is 182 Å². The monoisotopic (exact) mass is 436 g/mol. The van der Waals surface area contributed by atoms with Crippen LogP contribution in [0.15, 0.2) is 70.7 Å². The molecule has 1 aliphatic rings. The number of hydrogen-bond acceptors (Lipinski definition) is 5. The Hall–Kier alpha value is -3.84. The summed E-state index contributed by atoms with van der Waals surface area (Å²) in [6.45, 7) is 1.94. The predicted molar refractivity (Wildman–Crippen MR) is 115 cm³/mol. The lowest BCUT2D eigenvalue weighted by Crippen LogP contribution is -2.35. The van der Waals surface area contributed by atoms with E-state index in [0.717, 1.165) is 0 Å². The van der Waals surface area contributed by atoms with Gasteiger partial charge in [0.1, 0.15) is 17.1 Å². The molecule has 0 saturated carbocycles. The molecule has 0 aliphatic carbocycles. The van der Waals surface area contributed by atoms with Gasteiger partial charge in [0, 0.05) is 5.56 Å². The molecule has 1 aliphatic heterocycles. The van der Waals surface area contributed by atoms with Gasteiger partial charge >= 0.3 is 5.97 Å². The minimum absolute atomic E-state index is 0.0481. The van der Waals surface area contributed by atoms with E-state index in [2.05, 4.69) is 5.43 Å². The molecule has 0 radical (unpaired) electrons. The number of carbonyl (C=O) groups excluding carboxylic acids is 3. The van der Waals surface area contributed by atoms with Gasteiger partial charge in [0.2, 0.25) is 0 Å². The van der Waals surface area contributed by atoms with Crippen LogP contribution in [0.5, 0.6) is 0 Å². The summed E-state index contributed by atoms with van der Waals surface area (Å²) in [5.74, 6) is -0.776. The molecule has 1 aromatic heterocycles. The highest BCUT2D eigenvalue weighted by molar-refractivity contribution is 6.33. The summed E-state index contributed by atoms with van der Waals surface area (Å²) in [7, 11) is 0. The summed E-state index contributed by atoms with van der Waals surface area (Å²) in [6.07, 6.45) is 1.38. The summed E-state index contributed by atoms with van der Waals surface area (Å²) in [5.41, 5.74) is 3.87. The highest BCUT2D eigenvalue weighted by Crippen LogP contribution is 2.29. The molecular weight excluding hydrogens is 420 g/mol. The minimum atomic E-state index is -0.530. The summed E-state index contributed by atoms with van der Waals surface area (Å²) in [6, 6.07) is 16.9. The summed E-state index contributed by atoms with van der Waals surface area (Å²) >= 11 is 6.10. The van der Waals surface area contributed by atoms with Gasteiger partial charge in [-0.2, -0.15) is 0 Å². The fourth-order valence-electron chi connectivity index (χ4n) is 3.09. The molecule has 2 aromatic carbocycles. The molecule has 1 N–H and O–H groups in total. The van der Waals surface area contributed by atoms with E-state index in [9.17, 15) is 14.4 Å². The summed E-state index contributed by atoms with van der Waals surface area (Å²) in [5, 5.41) is 1.45. The maximum atomic E-state index is 12.7. The molecule has 3 aromatic rings. The maximum absolute atomic E-state index is 12.7. The Kier molecular flexibility index (Phi) is 5.60. The molecule has 0 unspecified atom stereocenters. The number of carbonyl (C=O) groups is 3. The van der Waals surface area contributed by atoms with Crippen molar-refractivity contribution in [1.29, 1.82) is 0 Å². The van der Waals surface area contributed by atoms with Crippen LogP contribution in [0.25, 0.3) is 17.4 Å². The number of hydrogen-bond donors (Lipinski definition) is 1. The van der Waals surface area contributed by atoms with Gasteiger partial charge in [-0.05, 0) is 55.5 Å². The second kappa shape index (κ2) is 8.49. The van der Waals surface area contributed by atoms with Gasteiger partial charge in [-0.1, -0.05) is 29.8 Å². The van der Waals surface area contributed by atoms with Crippen LogP contribution in [0.1, 0.15) is 23.0 Å². The molecule has 0 bridgehead atoms. The molecule has 1 saturated heterocycles. The van der Waals surface area contributed by atoms with Crippen molar-refractivity contribution in [2.75, 3.05) is 11.6 Å². The first-order valence-corrected chi connectivity index (χ1v) is 9.85. The first-order chi connectivity index (χ1) is 15.0. The lowest BCUT2D eigenvalue weighted by molar-refractivity contribution is -0.117. The topological polar surface area (TPSA) is 88.9 Å². The van der Waals surface area contributed by atoms with E-state index < -0.39 is 17.8 Å². The van der Waals surface area contributed by atoms with Gasteiger partial charge in [0.05, 0.1) is 22.9 Å². The maximum Gasteiger partial charge on any atom is 0.339 e. The van der Waals surface area contributed by atoms with Gasteiger partial charge in [-0.15, -0.1) is 0 Å². The van der Waals surface area contributed by atoms with Crippen molar-refractivity contribution in [3.63, 3.8) is 0 Å². The Morgan fingerprint density at radius 1 is 1.13 bits per heavy atom. The number of furan rings is 1. The number of nitrogens with zero attached hydrogens (tertiary/aromatic N) is 1. The number of hydrazine groups is 1. The zero-order chi connectivity index (χ0) is 22.0. The van der Waals surface area contributed by atoms with E-state index >= 15 is 0 Å². The van der Waals surface area contributed by atoms with Crippen LogP contribution in [0, 0.1) is 0 Å². The largest absolute Gasteiger partial charge is 0.462 e. The highest BCUT2D eigenvalue weighted by atomic mass is 35.5. The van der Waals surface area contributed by atoms with Crippen LogP contribution in [0.4, 0.5) is 5.69 Å². The van der Waals surface area contributed by atoms with E-state index in [1.165, 1.54) is 11.1 Å². The van der Waals surface area contributed by atoms with E-state index in [1.54, 1.807) is 61.5 Å². The van der Waals surface area contributed by atoms with Crippen LogP contribution in [0.2, 0.25) is 5.02 Å². The zero-order valence-corrected chi connectivity index (χ0v) is 17.2. The van der Waals surface area contributed by atoms with E-state index in [4.69, 9.17) is 20.8 Å². The first-order valence-electron chi connectivity index (χ1n) is 9.47. The molecule has 2 amide bonds. The molecule has 31 heavy (non-hydrogen) atoms. The quantitative estimate of drug-likeness (QED) is 0.367. The number of ether oxygens (including phenoxy) is 1. The Bertz CT molecular complexity index is 1200. The van der Waals surface area contributed by atoms with E-state index in [1.807, 2.05) is 6.07 Å². The van der Waals surface area contributed by atoms with Crippen molar-refractivity contribution in [2.24, 2.45) is 0 Å². The highest BCUT2D eigenvalue weighted by Gasteiger charge is 2.34. The van der Waals surface area contributed by atoms with E-state index in [-0.39, 0.29) is 22.8 Å². The van der Waals surface area contributed by atoms with Crippen molar-refractivity contribution >= 4 is 41.1 Å². The fourth-order valence-corrected chi connectivity index (χ4v) is 3.28. The second-order valence-electron chi connectivity index (χ2n) is 6.59. The van der Waals surface area contributed by atoms with Crippen LogP contribution in [-0.2, 0) is 14.3 Å². The Morgan fingerprint density at radius 2 is 1.90 bits per heavy atom. The summed E-state index contributed by atoms with van der Waals surface area (Å²) < 4.78 is 10.8. The van der Waals surface area contributed by atoms with Gasteiger partial charge in [-0.25, -0.2) is 9.80 Å². The lowest BCUT2D eigenvalue weighted by Gasteiger charge is -2.13. The van der Waals surface area contributed by atoms with Crippen molar-refractivity contribution in [1.82, 2.24) is 5.43 Å². The second-order valence-corrected chi connectivity index (χ2v) is 7.00. The number of halogens is 1. The van der Waals surface area contributed by atoms with E-state index in [0.29, 0.717) is 22.8 Å². The zero-order valence-electron chi connectivity index (χ0n) is 16.4. The number of nitrogens with one attached hydrogen (secondary N) is 1. The number of para-hydroxylation sites is 1.